The van der Waals surface area contributed by atoms with E-state index in [4.69, 9.17) is 26.8 Å². The number of hydrogen-bond donors (Lipinski definition) is 1. The van der Waals surface area contributed by atoms with Crippen LogP contribution in [0, 0.1) is 0 Å². The molecule has 1 fully saturated rings. The normalized spacial score (nSPS) is 24.1. The van der Waals surface area contributed by atoms with Crippen LogP contribution >= 0.6 is 11.6 Å². The van der Waals surface area contributed by atoms with Crippen LogP contribution in [0.5, 0.6) is 0 Å². The summed E-state index contributed by atoms with van der Waals surface area (Å²) in [5.41, 5.74) is 7.48. The highest BCUT2D eigenvalue weighted by molar-refractivity contribution is 6.31. The molecule has 2 atom stereocenters. The Hall–Kier alpha value is -0.770. The van der Waals surface area contributed by atoms with Crippen molar-refractivity contribution in [2.45, 2.75) is 44.5 Å². The quantitative estimate of drug-likeness (QED) is 0.852. The molecule has 1 aromatic rings. The van der Waals surface area contributed by atoms with Gasteiger partial charge in [-0.15, -0.1) is 0 Å². The van der Waals surface area contributed by atoms with E-state index in [1.54, 1.807) is 7.11 Å². The minimum atomic E-state index is 0.249. The number of ether oxygens (including phenoxy) is 2. The fourth-order valence-corrected chi connectivity index (χ4v) is 2.63. The Labute approximate surface area is 113 Å². The number of nitrogen functional groups attached to an aromatic ring is 1. The molecule has 18 heavy (non-hydrogen) atoms. The van der Waals surface area contributed by atoms with Crippen molar-refractivity contribution in [3.05, 3.63) is 28.8 Å². The van der Waals surface area contributed by atoms with Crippen molar-refractivity contribution in [3.8, 4) is 0 Å². The van der Waals surface area contributed by atoms with Gasteiger partial charge in [0, 0.05) is 23.4 Å². The Morgan fingerprint density at radius 3 is 2.83 bits per heavy atom. The topological polar surface area (TPSA) is 44.5 Å². The molecule has 100 valence electrons. The molecule has 0 amide bonds. The number of hydrogen-bond acceptors (Lipinski definition) is 3. The molecular weight excluding hydrogens is 250 g/mol. The van der Waals surface area contributed by atoms with Crippen LogP contribution in [0.25, 0.3) is 0 Å². The number of methoxy groups -OCH3 is 1. The second-order valence-electron chi connectivity index (χ2n) is 4.76. The van der Waals surface area contributed by atoms with Gasteiger partial charge < -0.3 is 15.2 Å². The fraction of sp³-hybridized carbons (Fsp3) is 0.571. The van der Waals surface area contributed by atoms with Gasteiger partial charge in [0.15, 0.2) is 0 Å². The van der Waals surface area contributed by atoms with Gasteiger partial charge in [-0.3, -0.25) is 0 Å². The molecule has 1 saturated carbocycles. The molecule has 0 aliphatic heterocycles. The average Bonchev–Trinajstić information content (AvgIpc) is 2.38. The lowest BCUT2D eigenvalue weighted by atomic mass is 9.95. The van der Waals surface area contributed by atoms with Crippen LogP contribution in [-0.4, -0.2) is 19.3 Å². The summed E-state index contributed by atoms with van der Waals surface area (Å²) in [6.07, 6.45) is 4.91. The minimum Gasteiger partial charge on any atom is -0.398 e. The fourth-order valence-electron chi connectivity index (χ4n) is 2.40. The van der Waals surface area contributed by atoms with E-state index < -0.39 is 0 Å². The van der Waals surface area contributed by atoms with Gasteiger partial charge in [-0.1, -0.05) is 17.7 Å². The van der Waals surface area contributed by atoms with Crippen LogP contribution in [0.15, 0.2) is 18.2 Å². The summed E-state index contributed by atoms with van der Waals surface area (Å²) in [6.45, 7) is 0.479. The predicted molar refractivity (Wildman–Crippen MR) is 73.7 cm³/mol. The summed E-state index contributed by atoms with van der Waals surface area (Å²) in [5.74, 6) is 0. The van der Waals surface area contributed by atoms with Crippen molar-refractivity contribution in [1.82, 2.24) is 0 Å². The van der Waals surface area contributed by atoms with Crippen molar-refractivity contribution >= 4 is 17.3 Å². The van der Waals surface area contributed by atoms with Crippen LogP contribution in [-0.2, 0) is 16.1 Å². The maximum Gasteiger partial charge on any atom is 0.0755 e. The Morgan fingerprint density at radius 1 is 1.33 bits per heavy atom. The van der Waals surface area contributed by atoms with Crippen LogP contribution in [0.1, 0.15) is 31.2 Å². The van der Waals surface area contributed by atoms with Gasteiger partial charge in [0.2, 0.25) is 0 Å². The Balaban J connectivity index is 1.91. The summed E-state index contributed by atoms with van der Waals surface area (Å²) in [4.78, 5) is 0. The number of nitrogens with two attached hydrogens (primary N) is 1. The molecule has 2 rings (SSSR count). The molecule has 3 nitrogen and oxygen atoms in total. The monoisotopic (exact) mass is 269 g/mol. The Kier molecular flexibility index (Phi) is 4.87. The van der Waals surface area contributed by atoms with Gasteiger partial charge in [0.1, 0.15) is 0 Å². The standard InChI is InChI=1S/C14H20ClNO2/c1-17-10-4-2-5-11(8-10)18-9-12-13(15)6-3-7-14(12)16/h3,6-7,10-11H,2,4-5,8-9,16H2,1H3. The van der Waals surface area contributed by atoms with Gasteiger partial charge in [0.25, 0.3) is 0 Å². The van der Waals surface area contributed by atoms with Crippen LogP contribution < -0.4 is 5.73 Å². The van der Waals surface area contributed by atoms with E-state index in [-0.39, 0.29) is 6.10 Å². The largest absolute Gasteiger partial charge is 0.398 e. The number of anilines is 1. The number of benzene rings is 1. The summed E-state index contributed by atoms with van der Waals surface area (Å²) in [6, 6.07) is 5.54. The Bertz CT molecular complexity index is 377. The van der Waals surface area contributed by atoms with Gasteiger partial charge >= 0.3 is 0 Å². The molecule has 0 spiro atoms. The van der Waals surface area contributed by atoms with Crippen molar-refractivity contribution in [2.75, 3.05) is 12.8 Å². The first kappa shape index (κ1) is 13.7. The van der Waals surface area contributed by atoms with Crippen molar-refractivity contribution in [1.29, 1.82) is 0 Å². The van der Waals surface area contributed by atoms with Crippen molar-refractivity contribution < 1.29 is 9.47 Å². The molecular formula is C14H20ClNO2. The summed E-state index contributed by atoms with van der Waals surface area (Å²) >= 11 is 6.12. The van der Waals surface area contributed by atoms with Crippen molar-refractivity contribution in [2.24, 2.45) is 0 Å². The highest BCUT2D eigenvalue weighted by Crippen LogP contribution is 2.27. The van der Waals surface area contributed by atoms with E-state index in [1.807, 2.05) is 18.2 Å². The molecule has 0 bridgehead atoms. The number of halogens is 1. The third kappa shape index (κ3) is 3.37. The molecule has 1 aromatic carbocycles. The van der Waals surface area contributed by atoms with E-state index in [0.717, 1.165) is 31.2 Å². The number of rotatable bonds is 4. The lowest BCUT2D eigenvalue weighted by molar-refractivity contribution is -0.0361. The first-order valence-electron chi connectivity index (χ1n) is 6.38. The summed E-state index contributed by atoms with van der Waals surface area (Å²) in [5, 5.41) is 0.675. The zero-order chi connectivity index (χ0) is 13.0. The van der Waals surface area contributed by atoms with E-state index in [2.05, 4.69) is 0 Å². The maximum atomic E-state index is 6.12. The van der Waals surface area contributed by atoms with Gasteiger partial charge in [0.05, 0.1) is 18.8 Å². The second kappa shape index (κ2) is 6.41. The van der Waals surface area contributed by atoms with E-state index in [1.165, 1.54) is 0 Å². The van der Waals surface area contributed by atoms with E-state index in [0.29, 0.717) is 23.4 Å². The molecule has 0 heterocycles. The van der Waals surface area contributed by atoms with Crippen LogP contribution in [0.3, 0.4) is 0 Å². The molecule has 1 aliphatic rings. The summed E-state index contributed by atoms with van der Waals surface area (Å²) < 4.78 is 11.3. The molecule has 1 aliphatic carbocycles. The average molecular weight is 270 g/mol. The van der Waals surface area contributed by atoms with Gasteiger partial charge in [-0.25, -0.2) is 0 Å². The summed E-state index contributed by atoms with van der Waals surface area (Å²) in [7, 11) is 1.76. The predicted octanol–water partition coefficient (Wildman–Crippen LogP) is 3.40. The molecule has 0 aromatic heterocycles. The second-order valence-corrected chi connectivity index (χ2v) is 5.17. The van der Waals surface area contributed by atoms with E-state index >= 15 is 0 Å². The smallest absolute Gasteiger partial charge is 0.0755 e. The zero-order valence-corrected chi connectivity index (χ0v) is 11.5. The van der Waals surface area contributed by atoms with Crippen LogP contribution in [0.4, 0.5) is 5.69 Å². The van der Waals surface area contributed by atoms with E-state index in [9.17, 15) is 0 Å². The highest BCUT2D eigenvalue weighted by Gasteiger charge is 2.22. The minimum absolute atomic E-state index is 0.249. The lowest BCUT2D eigenvalue weighted by Gasteiger charge is -2.28. The molecule has 2 N–H and O–H groups in total. The Morgan fingerprint density at radius 2 is 2.11 bits per heavy atom. The van der Waals surface area contributed by atoms with Crippen molar-refractivity contribution in [3.63, 3.8) is 0 Å². The molecule has 4 heteroatoms. The first-order valence-corrected chi connectivity index (χ1v) is 6.75. The van der Waals surface area contributed by atoms with Gasteiger partial charge in [-0.2, -0.15) is 0 Å². The van der Waals surface area contributed by atoms with Gasteiger partial charge in [-0.05, 0) is 37.8 Å². The third-order valence-electron chi connectivity index (χ3n) is 3.53. The lowest BCUT2D eigenvalue weighted by Crippen LogP contribution is -2.27. The molecule has 0 radical (unpaired) electrons. The molecule has 0 saturated heterocycles. The maximum absolute atomic E-state index is 6.12. The molecule has 2 unspecified atom stereocenters. The SMILES string of the molecule is COC1CCCC(OCc2c(N)cccc2Cl)C1. The third-order valence-corrected chi connectivity index (χ3v) is 3.88. The zero-order valence-electron chi connectivity index (χ0n) is 10.7. The first-order chi connectivity index (χ1) is 8.70. The highest BCUT2D eigenvalue weighted by atomic mass is 35.5. The van der Waals surface area contributed by atoms with Crippen LogP contribution in [0.2, 0.25) is 5.02 Å².